The van der Waals surface area contributed by atoms with Crippen molar-refractivity contribution in [1.82, 2.24) is 0 Å². The van der Waals surface area contributed by atoms with E-state index < -0.39 is 6.10 Å². The zero-order valence-corrected chi connectivity index (χ0v) is 36.4. The van der Waals surface area contributed by atoms with Gasteiger partial charge in [0.25, 0.3) is 0 Å². The summed E-state index contributed by atoms with van der Waals surface area (Å²) >= 11 is 3.40. The molecule has 0 saturated carbocycles. The van der Waals surface area contributed by atoms with E-state index in [1.165, 1.54) is 116 Å². The lowest BCUT2D eigenvalue weighted by Gasteiger charge is -2.33. The minimum atomic E-state index is -0.458. The summed E-state index contributed by atoms with van der Waals surface area (Å²) < 4.78 is 17.9. The van der Waals surface area contributed by atoms with E-state index in [4.69, 9.17) is 14.2 Å². The fourth-order valence-corrected chi connectivity index (χ4v) is 6.65. The highest BCUT2D eigenvalue weighted by atomic mass is 79.9. The van der Waals surface area contributed by atoms with Crippen LogP contribution in [0.25, 0.3) is 0 Å². The van der Waals surface area contributed by atoms with Gasteiger partial charge in [-0.1, -0.05) is 157 Å². The van der Waals surface area contributed by atoms with E-state index in [2.05, 4.69) is 68.2 Å². The molecule has 6 nitrogen and oxygen atoms in total. The van der Waals surface area contributed by atoms with Gasteiger partial charge in [-0.25, -0.2) is 0 Å². The lowest BCUT2D eigenvalue weighted by Crippen LogP contribution is -2.49. The minimum absolute atomic E-state index is 0.117. The van der Waals surface area contributed by atoms with Gasteiger partial charge >= 0.3 is 11.9 Å². The van der Waals surface area contributed by atoms with Crippen LogP contribution in [0.4, 0.5) is 0 Å². The number of ether oxygens (including phenoxy) is 3. The van der Waals surface area contributed by atoms with Crippen LogP contribution in [0.2, 0.25) is 0 Å². The van der Waals surface area contributed by atoms with Crippen molar-refractivity contribution < 1.29 is 28.3 Å². The molecule has 0 aromatic carbocycles. The molecular weight excluding hydrogens is 714 g/mol. The molecule has 1 unspecified atom stereocenters. The number of carbonyl (C=O) groups excluding carboxylic acids is 2. The molecule has 0 spiro atoms. The molecule has 0 bridgehead atoms. The third-order valence-corrected chi connectivity index (χ3v) is 10.1. The van der Waals surface area contributed by atoms with Gasteiger partial charge in [0.15, 0.2) is 6.10 Å². The Kier molecular flexibility index (Phi) is 38.6. The van der Waals surface area contributed by atoms with Crippen LogP contribution in [0.3, 0.4) is 0 Å². The fourth-order valence-electron chi connectivity index (χ4n) is 6.42. The van der Waals surface area contributed by atoms with Crippen LogP contribution in [-0.4, -0.2) is 74.9 Å². The summed E-state index contributed by atoms with van der Waals surface area (Å²) in [5.41, 5.74) is 0. The summed E-state index contributed by atoms with van der Waals surface area (Å²) in [5.74, 6) is -0.381. The number of alkyl halides is 1. The summed E-state index contributed by atoms with van der Waals surface area (Å²) in [6.45, 7) is 7.32. The number of allylic oxidation sites excluding steroid dienone is 4. The predicted molar refractivity (Wildman–Crippen MR) is 226 cm³/mol. The topological polar surface area (TPSA) is 61.8 Å². The van der Waals surface area contributed by atoms with Gasteiger partial charge in [-0.3, -0.25) is 9.59 Å². The number of esters is 2. The first-order chi connectivity index (χ1) is 25.3. The van der Waals surface area contributed by atoms with Crippen LogP contribution in [0, 0.1) is 0 Å². The van der Waals surface area contributed by atoms with Crippen LogP contribution in [0.1, 0.15) is 194 Å². The lowest BCUT2D eigenvalue weighted by atomic mass is 10.1. The monoisotopic (exact) mass is 799 g/mol. The highest BCUT2D eigenvalue weighted by Gasteiger charge is 2.26. The number of halogens is 1. The molecule has 0 radical (unpaired) electrons. The van der Waals surface area contributed by atoms with Crippen molar-refractivity contribution in [3.05, 3.63) is 24.3 Å². The van der Waals surface area contributed by atoms with Crippen LogP contribution < -0.4 is 0 Å². The Hall–Kier alpha value is -1.18. The van der Waals surface area contributed by atoms with E-state index in [1.54, 1.807) is 0 Å². The zero-order chi connectivity index (χ0) is 38.2. The van der Waals surface area contributed by atoms with Crippen LogP contribution in [0.15, 0.2) is 24.3 Å². The summed E-state index contributed by atoms with van der Waals surface area (Å²) in [5, 5.41) is 0.809. The molecule has 0 aromatic rings. The first-order valence-corrected chi connectivity index (χ1v) is 23.1. The molecule has 0 heterocycles. The third-order valence-electron chi connectivity index (χ3n) is 9.77. The van der Waals surface area contributed by atoms with E-state index in [-0.39, 0.29) is 18.5 Å². The van der Waals surface area contributed by atoms with Gasteiger partial charge < -0.3 is 18.7 Å². The standard InChI is InChI=1S/C45H85BrNO5/c1-5-7-9-11-13-15-17-19-21-23-25-27-29-31-33-35-44(48)51-42-43(41-47(3,4)38-40-50-39-37-46)52-45(49)36-34-32-30-28-26-24-22-20-18-16-14-12-10-8-6-2/h19-22,43H,5-18,23-42H2,1-4H3/q+1. The molecule has 0 aliphatic heterocycles. The van der Waals surface area contributed by atoms with Gasteiger partial charge in [-0.05, 0) is 64.2 Å². The largest absolute Gasteiger partial charge is 0.461 e. The van der Waals surface area contributed by atoms with Crippen LogP contribution >= 0.6 is 15.9 Å². The van der Waals surface area contributed by atoms with Crippen molar-refractivity contribution in [1.29, 1.82) is 0 Å². The van der Waals surface area contributed by atoms with Gasteiger partial charge in [-0.2, -0.15) is 0 Å². The molecule has 306 valence electrons. The fraction of sp³-hybridized carbons (Fsp3) is 0.867. The van der Waals surface area contributed by atoms with Crippen molar-refractivity contribution in [3.63, 3.8) is 0 Å². The first kappa shape index (κ1) is 50.8. The number of rotatable bonds is 40. The summed E-state index contributed by atoms with van der Waals surface area (Å²) in [4.78, 5) is 25.4. The average molecular weight is 800 g/mol. The molecule has 0 N–H and O–H groups in total. The Morgan fingerprint density at radius 3 is 1.40 bits per heavy atom. The molecule has 0 amide bonds. The second-order valence-electron chi connectivity index (χ2n) is 15.6. The van der Waals surface area contributed by atoms with Crippen LogP contribution in [-0.2, 0) is 23.8 Å². The molecule has 0 aliphatic carbocycles. The van der Waals surface area contributed by atoms with E-state index >= 15 is 0 Å². The van der Waals surface area contributed by atoms with Crippen molar-refractivity contribution >= 4 is 27.9 Å². The first-order valence-electron chi connectivity index (χ1n) is 21.9. The van der Waals surface area contributed by atoms with E-state index in [1.807, 2.05) is 0 Å². The lowest BCUT2D eigenvalue weighted by molar-refractivity contribution is -0.893. The number of unbranched alkanes of at least 4 members (excludes halogenated alkanes) is 22. The quantitative estimate of drug-likeness (QED) is 0.0203. The van der Waals surface area contributed by atoms with Crippen LogP contribution in [0.5, 0.6) is 0 Å². The Morgan fingerprint density at radius 1 is 0.558 bits per heavy atom. The third kappa shape index (κ3) is 38.5. The molecule has 0 aliphatic rings. The molecule has 7 heteroatoms. The van der Waals surface area contributed by atoms with Gasteiger partial charge in [0.05, 0.1) is 27.3 Å². The maximum Gasteiger partial charge on any atom is 0.306 e. The minimum Gasteiger partial charge on any atom is -0.461 e. The molecule has 1 atom stereocenters. The summed E-state index contributed by atoms with van der Waals surface area (Å²) in [7, 11) is 4.21. The summed E-state index contributed by atoms with van der Waals surface area (Å²) in [6.07, 6.45) is 41.7. The Morgan fingerprint density at radius 2 is 0.962 bits per heavy atom. The van der Waals surface area contributed by atoms with Gasteiger partial charge in [0.2, 0.25) is 0 Å². The smallest absolute Gasteiger partial charge is 0.306 e. The average Bonchev–Trinajstić information content (AvgIpc) is 3.12. The zero-order valence-electron chi connectivity index (χ0n) is 34.8. The molecule has 0 saturated heterocycles. The SMILES string of the molecule is CCCCCCCCC=CCCCCCCCC(=O)OCC(C[N+](C)(C)CCOCCBr)OC(=O)CCCCCCCC=CCCCCCCCC. The molecule has 0 fully saturated rings. The number of likely N-dealkylation sites (N-methyl/N-ethyl adjacent to an activating group) is 1. The predicted octanol–water partition coefficient (Wildman–Crippen LogP) is 13.0. The Balaban J connectivity index is 4.27. The highest BCUT2D eigenvalue weighted by Crippen LogP contribution is 2.14. The number of carbonyl (C=O) groups is 2. The van der Waals surface area contributed by atoms with Gasteiger partial charge in [-0.15, -0.1) is 0 Å². The van der Waals surface area contributed by atoms with E-state index in [0.29, 0.717) is 37.1 Å². The number of quaternary nitrogens is 1. The normalized spacial score (nSPS) is 12.6. The van der Waals surface area contributed by atoms with Gasteiger partial charge in [0, 0.05) is 18.2 Å². The Bertz CT molecular complexity index is 846. The maximum atomic E-state index is 12.8. The molecule has 0 rings (SSSR count). The van der Waals surface area contributed by atoms with Crippen molar-refractivity contribution in [2.45, 2.75) is 200 Å². The van der Waals surface area contributed by atoms with E-state index in [9.17, 15) is 9.59 Å². The highest BCUT2D eigenvalue weighted by molar-refractivity contribution is 9.09. The number of hydrogen-bond donors (Lipinski definition) is 0. The molecular formula is C45H85BrNO5+. The van der Waals surface area contributed by atoms with Crippen molar-refractivity contribution in [2.24, 2.45) is 0 Å². The second-order valence-corrected chi connectivity index (χ2v) is 16.4. The summed E-state index contributed by atoms with van der Waals surface area (Å²) in [6, 6.07) is 0. The van der Waals surface area contributed by atoms with Gasteiger partial charge in [0.1, 0.15) is 19.7 Å². The molecule has 52 heavy (non-hydrogen) atoms. The molecule has 0 aromatic heterocycles. The van der Waals surface area contributed by atoms with Crippen molar-refractivity contribution in [2.75, 3.05) is 52.3 Å². The van der Waals surface area contributed by atoms with E-state index in [0.717, 1.165) is 63.2 Å². The number of hydrogen-bond acceptors (Lipinski definition) is 5. The number of nitrogens with zero attached hydrogens (tertiary/aromatic N) is 1. The second kappa shape index (κ2) is 39.5. The maximum absolute atomic E-state index is 12.8. The Labute approximate surface area is 331 Å². The van der Waals surface area contributed by atoms with Crippen molar-refractivity contribution in [3.8, 4) is 0 Å².